The van der Waals surface area contributed by atoms with E-state index in [0.717, 1.165) is 16.8 Å². The molecule has 0 aliphatic carbocycles. The largest absolute Gasteiger partial charge is 0.483 e. The van der Waals surface area contributed by atoms with Gasteiger partial charge in [-0.25, -0.2) is 0 Å². The van der Waals surface area contributed by atoms with Crippen LogP contribution in [0.3, 0.4) is 0 Å². The third-order valence-electron chi connectivity index (χ3n) is 2.96. The molecular formula is C16H16BrNO3. The van der Waals surface area contributed by atoms with Crippen LogP contribution in [0.15, 0.2) is 46.9 Å². The van der Waals surface area contributed by atoms with Crippen molar-refractivity contribution in [2.24, 2.45) is 0 Å². The van der Waals surface area contributed by atoms with E-state index in [1.807, 2.05) is 31.2 Å². The Morgan fingerprint density at radius 3 is 2.71 bits per heavy atom. The summed E-state index contributed by atoms with van der Waals surface area (Å²) in [6.07, 6.45) is 0. The molecule has 4 nitrogen and oxygen atoms in total. The van der Waals surface area contributed by atoms with Crippen LogP contribution < -0.4 is 10.1 Å². The number of aliphatic hydroxyl groups excluding tert-OH is 1. The van der Waals surface area contributed by atoms with Gasteiger partial charge in [-0.05, 0) is 52.2 Å². The van der Waals surface area contributed by atoms with Gasteiger partial charge in [0.1, 0.15) is 5.75 Å². The molecule has 0 spiro atoms. The number of benzene rings is 2. The maximum absolute atomic E-state index is 11.9. The Kier molecular flexibility index (Phi) is 5.36. The van der Waals surface area contributed by atoms with Crippen LogP contribution in [-0.4, -0.2) is 17.6 Å². The molecule has 0 bridgehead atoms. The molecule has 21 heavy (non-hydrogen) atoms. The van der Waals surface area contributed by atoms with E-state index in [0.29, 0.717) is 10.2 Å². The van der Waals surface area contributed by atoms with Crippen molar-refractivity contribution in [2.45, 2.75) is 13.5 Å². The van der Waals surface area contributed by atoms with Crippen LogP contribution in [-0.2, 0) is 11.4 Å². The second kappa shape index (κ2) is 7.24. The summed E-state index contributed by atoms with van der Waals surface area (Å²) in [6, 6.07) is 12.8. The van der Waals surface area contributed by atoms with Crippen LogP contribution in [0.5, 0.6) is 5.75 Å². The summed E-state index contributed by atoms with van der Waals surface area (Å²) in [4.78, 5) is 11.9. The molecule has 110 valence electrons. The second-order valence-electron chi connectivity index (χ2n) is 4.57. The highest BCUT2D eigenvalue weighted by atomic mass is 79.9. The molecule has 0 saturated carbocycles. The lowest BCUT2D eigenvalue weighted by Crippen LogP contribution is -2.20. The number of ether oxygens (including phenoxy) is 1. The third-order valence-corrected chi connectivity index (χ3v) is 3.58. The Balaban J connectivity index is 1.94. The highest BCUT2D eigenvalue weighted by Crippen LogP contribution is 2.26. The quantitative estimate of drug-likeness (QED) is 0.870. The van der Waals surface area contributed by atoms with Gasteiger partial charge in [-0.15, -0.1) is 0 Å². The number of carbonyl (C=O) groups excluding carboxylic acids is 1. The highest BCUT2D eigenvalue weighted by molar-refractivity contribution is 9.10. The monoisotopic (exact) mass is 349 g/mol. The molecule has 5 heteroatoms. The van der Waals surface area contributed by atoms with Crippen molar-refractivity contribution in [3.05, 3.63) is 58.1 Å². The first-order chi connectivity index (χ1) is 10.1. The Hall–Kier alpha value is -1.85. The molecule has 0 unspecified atom stereocenters. The van der Waals surface area contributed by atoms with Gasteiger partial charge in [0.05, 0.1) is 11.1 Å². The molecule has 2 rings (SSSR count). The van der Waals surface area contributed by atoms with Gasteiger partial charge in [0.2, 0.25) is 0 Å². The zero-order valence-corrected chi connectivity index (χ0v) is 13.2. The summed E-state index contributed by atoms with van der Waals surface area (Å²) in [6.45, 7) is 1.82. The first kappa shape index (κ1) is 15.5. The number of hydrogen-bond acceptors (Lipinski definition) is 3. The van der Waals surface area contributed by atoms with Gasteiger partial charge >= 0.3 is 0 Å². The number of carbonyl (C=O) groups is 1. The average Bonchev–Trinajstić information content (AvgIpc) is 2.48. The SMILES string of the molecule is Cc1ccccc1NC(=O)COc1ccc(CO)cc1Br. The minimum absolute atomic E-state index is 0.0351. The van der Waals surface area contributed by atoms with Crippen molar-refractivity contribution in [3.8, 4) is 5.75 Å². The third kappa shape index (κ3) is 4.31. The molecule has 2 N–H and O–H groups in total. The fraction of sp³-hybridized carbons (Fsp3) is 0.188. The maximum Gasteiger partial charge on any atom is 0.262 e. The van der Waals surface area contributed by atoms with E-state index < -0.39 is 0 Å². The molecule has 0 fully saturated rings. The van der Waals surface area contributed by atoms with Crippen molar-refractivity contribution in [1.82, 2.24) is 0 Å². The van der Waals surface area contributed by atoms with E-state index in [2.05, 4.69) is 21.2 Å². The molecule has 2 aromatic rings. The van der Waals surface area contributed by atoms with Crippen molar-refractivity contribution >= 4 is 27.5 Å². The maximum atomic E-state index is 11.9. The number of halogens is 1. The number of amides is 1. The van der Waals surface area contributed by atoms with E-state index in [-0.39, 0.29) is 19.1 Å². The standard InChI is InChI=1S/C16H16BrNO3/c1-11-4-2-3-5-14(11)18-16(20)10-21-15-7-6-12(9-19)8-13(15)17/h2-8,19H,9-10H2,1H3,(H,18,20). The van der Waals surface area contributed by atoms with Crippen molar-refractivity contribution in [1.29, 1.82) is 0 Å². The molecule has 0 aromatic heterocycles. The van der Waals surface area contributed by atoms with Crippen LogP contribution in [0.4, 0.5) is 5.69 Å². The first-order valence-corrected chi connectivity index (χ1v) is 7.27. The lowest BCUT2D eigenvalue weighted by molar-refractivity contribution is -0.118. The van der Waals surface area contributed by atoms with E-state index in [1.54, 1.807) is 18.2 Å². The first-order valence-electron chi connectivity index (χ1n) is 6.47. The summed E-state index contributed by atoms with van der Waals surface area (Å²) in [5.74, 6) is 0.342. The summed E-state index contributed by atoms with van der Waals surface area (Å²) >= 11 is 3.35. The van der Waals surface area contributed by atoms with E-state index in [1.165, 1.54) is 0 Å². The molecule has 0 atom stereocenters. The number of nitrogens with one attached hydrogen (secondary N) is 1. The Morgan fingerprint density at radius 2 is 2.05 bits per heavy atom. The highest BCUT2D eigenvalue weighted by Gasteiger charge is 2.07. The molecule has 0 radical (unpaired) electrons. The minimum Gasteiger partial charge on any atom is -0.483 e. The predicted molar refractivity (Wildman–Crippen MR) is 85.4 cm³/mol. The summed E-state index contributed by atoms with van der Waals surface area (Å²) in [5, 5.41) is 11.8. The van der Waals surface area contributed by atoms with Crippen LogP contribution in [0.1, 0.15) is 11.1 Å². The second-order valence-corrected chi connectivity index (χ2v) is 5.43. The number of hydrogen-bond donors (Lipinski definition) is 2. The topological polar surface area (TPSA) is 58.6 Å². The lowest BCUT2D eigenvalue weighted by Gasteiger charge is -2.11. The lowest BCUT2D eigenvalue weighted by atomic mass is 10.2. The van der Waals surface area contributed by atoms with Gasteiger partial charge in [0.15, 0.2) is 6.61 Å². The Bertz CT molecular complexity index is 643. The molecule has 0 aliphatic rings. The predicted octanol–water partition coefficient (Wildman–Crippen LogP) is 3.27. The van der Waals surface area contributed by atoms with Gasteiger partial charge in [-0.3, -0.25) is 4.79 Å². The van der Waals surface area contributed by atoms with Gasteiger partial charge in [-0.2, -0.15) is 0 Å². The fourth-order valence-corrected chi connectivity index (χ4v) is 2.34. The molecule has 0 heterocycles. The van der Waals surface area contributed by atoms with Gasteiger partial charge in [0.25, 0.3) is 5.91 Å². The van der Waals surface area contributed by atoms with Crippen LogP contribution in [0.25, 0.3) is 0 Å². The smallest absolute Gasteiger partial charge is 0.262 e. The number of anilines is 1. The molecular weight excluding hydrogens is 334 g/mol. The average molecular weight is 350 g/mol. The van der Waals surface area contributed by atoms with Crippen LogP contribution in [0, 0.1) is 6.92 Å². The van der Waals surface area contributed by atoms with Crippen LogP contribution >= 0.6 is 15.9 Å². The fourth-order valence-electron chi connectivity index (χ4n) is 1.80. The summed E-state index contributed by atoms with van der Waals surface area (Å²) in [7, 11) is 0. The zero-order valence-electron chi connectivity index (χ0n) is 11.6. The molecule has 2 aromatic carbocycles. The van der Waals surface area contributed by atoms with Crippen LogP contribution in [0.2, 0.25) is 0 Å². The van der Waals surface area contributed by atoms with E-state index in [9.17, 15) is 4.79 Å². The van der Waals surface area contributed by atoms with Gasteiger partial charge < -0.3 is 15.2 Å². The summed E-state index contributed by atoms with van der Waals surface area (Å²) in [5.41, 5.74) is 2.55. The number of aryl methyl sites for hydroxylation is 1. The Labute approximate surface area is 131 Å². The van der Waals surface area contributed by atoms with Crippen molar-refractivity contribution in [3.63, 3.8) is 0 Å². The normalized spacial score (nSPS) is 10.2. The number of aliphatic hydroxyl groups is 1. The number of para-hydroxylation sites is 1. The van der Waals surface area contributed by atoms with Gasteiger partial charge in [-0.1, -0.05) is 24.3 Å². The van der Waals surface area contributed by atoms with E-state index >= 15 is 0 Å². The Morgan fingerprint density at radius 1 is 1.29 bits per heavy atom. The number of rotatable bonds is 5. The van der Waals surface area contributed by atoms with E-state index in [4.69, 9.17) is 9.84 Å². The van der Waals surface area contributed by atoms with Crippen molar-refractivity contribution < 1.29 is 14.6 Å². The summed E-state index contributed by atoms with van der Waals surface area (Å²) < 4.78 is 6.18. The minimum atomic E-state index is -0.220. The van der Waals surface area contributed by atoms with Gasteiger partial charge in [0, 0.05) is 5.69 Å². The molecule has 0 aliphatic heterocycles. The zero-order chi connectivity index (χ0) is 15.2. The molecule has 0 saturated heterocycles. The van der Waals surface area contributed by atoms with Crippen molar-refractivity contribution in [2.75, 3.05) is 11.9 Å². The molecule has 1 amide bonds.